The number of nitrogens with zero attached hydrogens (tertiary/aromatic N) is 4. The van der Waals surface area contributed by atoms with E-state index in [1.807, 2.05) is 4.72 Å². The summed E-state index contributed by atoms with van der Waals surface area (Å²) in [5, 5.41) is 20.6. The van der Waals surface area contributed by atoms with Gasteiger partial charge in [0.25, 0.3) is 21.7 Å². The number of hydrogen-bond acceptors (Lipinski definition) is 8. The fourth-order valence-corrected chi connectivity index (χ4v) is 2.65. The van der Waals surface area contributed by atoms with Gasteiger partial charge in [-0.15, -0.1) is 5.10 Å². The lowest BCUT2D eigenvalue weighted by Gasteiger charge is -2.08. The zero-order valence-electron chi connectivity index (χ0n) is 10.7. The largest absolute Gasteiger partial charge is 0.388 e. The minimum atomic E-state index is -4.22. The van der Waals surface area contributed by atoms with Gasteiger partial charge >= 0.3 is 0 Å². The van der Waals surface area contributed by atoms with Crippen LogP contribution in [0.15, 0.2) is 35.5 Å². The van der Waals surface area contributed by atoms with Crippen LogP contribution in [-0.2, 0) is 10.0 Å². The molecule has 21 heavy (non-hydrogen) atoms. The van der Waals surface area contributed by atoms with Crippen LogP contribution in [0.25, 0.3) is 0 Å². The first-order chi connectivity index (χ1) is 9.94. The van der Waals surface area contributed by atoms with Gasteiger partial charge in [-0.2, -0.15) is 5.10 Å². The molecular formula is C10H10N6O4S. The van der Waals surface area contributed by atoms with Gasteiger partial charge in [-0.1, -0.05) is 0 Å². The van der Waals surface area contributed by atoms with Gasteiger partial charge in [0.05, 0.1) is 17.3 Å². The molecular weight excluding hydrogens is 300 g/mol. The lowest BCUT2D eigenvalue weighted by Crippen LogP contribution is -2.17. The molecule has 0 saturated heterocycles. The fraction of sp³-hybridized carbons (Fsp3) is 0.100. The van der Waals surface area contributed by atoms with Crippen molar-refractivity contribution in [1.29, 1.82) is 0 Å². The summed E-state index contributed by atoms with van der Waals surface area (Å²) in [5.74, 6) is -0.276. The van der Waals surface area contributed by atoms with E-state index in [-0.39, 0.29) is 5.95 Å². The molecule has 0 unspecified atom stereocenters. The van der Waals surface area contributed by atoms with Crippen LogP contribution in [0.5, 0.6) is 0 Å². The highest BCUT2D eigenvalue weighted by molar-refractivity contribution is 7.92. The predicted octanol–water partition coefficient (Wildman–Crippen LogP) is 0.622. The number of hydrogen-bond donors (Lipinski definition) is 2. The number of rotatable bonds is 5. The summed E-state index contributed by atoms with van der Waals surface area (Å²) in [6.45, 7) is 0. The first kappa shape index (κ1) is 14.6. The van der Waals surface area contributed by atoms with Gasteiger partial charge in [0.2, 0.25) is 0 Å². The summed E-state index contributed by atoms with van der Waals surface area (Å²) in [6.07, 6.45) is 2.51. The molecule has 0 aliphatic heterocycles. The molecule has 0 spiro atoms. The van der Waals surface area contributed by atoms with E-state index in [2.05, 4.69) is 20.5 Å². The third-order valence-electron chi connectivity index (χ3n) is 2.44. The Labute approximate surface area is 119 Å². The summed E-state index contributed by atoms with van der Waals surface area (Å²) in [5.41, 5.74) is -0.140. The molecule has 1 heterocycles. The van der Waals surface area contributed by atoms with Crippen LogP contribution in [0.2, 0.25) is 0 Å². The quantitative estimate of drug-likeness (QED) is 0.605. The zero-order valence-corrected chi connectivity index (χ0v) is 11.5. The Morgan fingerprint density at radius 3 is 2.62 bits per heavy atom. The number of nitrogens with one attached hydrogen (secondary N) is 2. The second-order valence-corrected chi connectivity index (χ2v) is 5.41. The molecule has 0 aliphatic carbocycles. The van der Waals surface area contributed by atoms with Crippen molar-refractivity contribution in [3.63, 3.8) is 0 Å². The number of benzene rings is 1. The Balaban J connectivity index is 2.50. The lowest BCUT2D eigenvalue weighted by molar-refractivity contribution is -0.387. The van der Waals surface area contributed by atoms with Crippen LogP contribution in [0, 0.1) is 10.1 Å². The minimum absolute atomic E-state index is 0.276. The maximum atomic E-state index is 12.2. The van der Waals surface area contributed by atoms with Crippen molar-refractivity contribution in [3.05, 3.63) is 40.7 Å². The second kappa shape index (κ2) is 5.66. The maximum absolute atomic E-state index is 12.2. The van der Waals surface area contributed by atoms with E-state index in [0.717, 1.165) is 12.1 Å². The number of nitro groups is 1. The minimum Gasteiger partial charge on any atom is -0.388 e. The van der Waals surface area contributed by atoms with Gasteiger partial charge in [0.1, 0.15) is 0 Å². The standard InChI is InChI=1S/C10H10N6O4S/c1-11-7-2-3-8(16(17)18)9(6-7)21(19,20)15-10-12-4-5-13-14-10/h2-6,11H,1H3,(H,12,14,15). The van der Waals surface area contributed by atoms with Crippen molar-refractivity contribution in [2.45, 2.75) is 4.90 Å². The molecule has 11 heteroatoms. The zero-order chi connectivity index (χ0) is 15.5. The Kier molecular flexibility index (Phi) is 3.93. The molecule has 0 aliphatic rings. The van der Waals surface area contributed by atoms with E-state index >= 15 is 0 Å². The Morgan fingerprint density at radius 2 is 2.05 bits per heavy atom. The average Bonchev–Trinajstić information content (AvgIpc) is 2.47. The van der Waals surface area contributed by atoms with E-state index in [1.54, 1.807) is 7.05 Å². The van der Waals surface area contributed by atoms with Crippen LogP contribution in [-0.4, -0.2) is 35.6 Å². The van der Waals surface area contributed by atoms with Crippen LogP contribution in [0.1, 0.15) is 0 Å². The van der Waals surface area contributed by atoms with E-state index in [0.29, 0.717) is 5.69 Å². The second-order valence-electron chi connectivity index (χ2n) is 3.76. The molecule has 0 radical (unpaired) electrons. The topological polar surface area (TPSA) is 140 Å². The van der Waals surface area contributed by atoms with E-state index in [4.69, 9.17) is 0 Å². The Bertz CT molecular complexity index is 764. The van der Waals surface area contributed by atoms with Crippen molar-refractivity contribution >= 4 is 27.3 Å². The summed E-state index contributed by atoms with van der Waals surface area (Å²) in [4.78, 5) is 13.4. The van der Waals surface area contributed by atoms with E-state index in [9.17, 15) is 18.5 Å². The molecule has 0 saturated carbocycles. The highest BCUT2D eigenvalue weighted by atomic mass is 32.2. The third kappa shape index (κ3) is 3.20. The van der Waals surface area contributed by atoms with Crippen LogP contribution in [0.4, 0.5) is 17.3 Å². The molecule has 0 fully saturated rings. The first-order valence-corrected chi connectivity index (χ1v) is 7.05. The van der Waals surface area contributed by atoms with Gasteiger partial charge in [0.15, 0.2) is 4.90 Å². The van der Waals surface area contributed by atoms with Crippen molar-refractivity contribution in [2.24, 2.45) is 0 Å². The Morgan fingerprint density at radius 1 is 1.29 bits per heavy atom. The molecule has 110 valence electrons. The van der Waals surface area contributed by atoms with Crippen molar-refractivity contribution in [3.8, 4) is 0 Å². The summed E-state index contributed by atoms with van der Waals surface area (Å²) in [7, 11) is -2.65. The predicted molar refractivity (Wildman–Crippen MR) is 73.3 cm³/mol. The Hall–Kier alpha value is -2.82. The molecule has 1 aromatic heterocycles. The van der Waals surface area contributed by atoms with Crippen LogP contribution in [0.3, 0.4) is 0 Å². The molecule has 2 aromatic rings. The molecule has 1 aromatic carbocycles. The van der Waals surface area contributed by atoms with Crippen LogP contribution < -0.4 is 10.0 Å². The number of aromatic nitrogens is 3. The molecule has 2 rings (SSSR count). The maximum Gasteiger partial charge on any atom is 0.290 e. The van der Waals surface area contributed by atoms with E-state index < -0.39 is 25.5 Å². The van der Waals surface area contributed by atoms with Crippen molar-refractivity contribution in [1.82, 2.24) is 15.2 Å². The molecule has 0 amide bonds. The first-order valence-electron chi connectivity index (χ1n) is 5.57. The number of sulfonamides is 1. The summed E-state index contributed by atoms with van der Waals surface area (Å²) < 4.78 is 26.5. The van der Waals surface area contributed by atoms with Gasteiger partial charge in [0, 0.05) is 18.8 Å². The highest BCUT2D eigenvalue weighted by Crippen LogP contribution is 2.27. The van der Waals surface area contributed by atoms with E-state index in [1.165, 1.54) is 18.5 Å². The average molecular weight is 310 g/mol. The van der Waals surface area contributed by atoms with Gasteiger partial charge in [-0.3, -0.25) is 10.1 Å². The normalized spacial score (nSPS) is 10.9. The lowest BCUT2D eigenvalue weighted by atomic mass is 10.3. The number of nitro benzene ring substituents is 1. The molecule has 2 N–H and O–H groups in total. The molecule has 0 atom stereocenters. The number of anilines is 2. The third-order valence-corrected chi connectivity index (χ3v) is 3.80. The highest BCUT2D eigenvalue weighted by Gasteiger charge is 2.27. The van der Waals surface area contributed by atoms with Gasteiger partial charge in [-0.25, -0.2) is 18.1 Å². The monoisotopic (exact) mass is 310 g/mol. The molecule has 0 bridgehead atoms. The SMILES string of the molecule is CNc1ccc([N+](=O)[O-])c(S(=O)(=O)Nc2nccnn2)c1. The van der Waals surface area contributed by atoms with Gasteiger partial charge in [-0.05, 0) is 12.1 Å². The van der Waals surface area contributed by atoms with Gasteiger partial charge < -0.3 is 5.32 Å². The van der Waals surface area contributed by atoms with Crippen molar-refractivity contribution in [2.75, 3.05) is 17.1 Å². The molecule has 10 nitrogen and oxygen atoms in total. The van der Waals surface area contributed by atoms with Crippen LogP contribution >= 0.6 is 0 Å². The van der Waals surface area contributed by atoms with Crippen molar-refractivity contribution < 1.29 is 13.3 Å². The fourth-order valence-electron chi connectivity index (χ4n) is 1.51. The summed E-state index contributed by atoms with van der Waals surface area (Å²) >= 11 is 0. The summed E-state index contributed by atoms with van der Waals surface area (Å²) in [6, 6.07) is 3.65. The smallest absolute Gasteiger partial charge is 0.290 e.